The van der Waals surface area contributed by atoms with Crippen LogP contribution in [0, 0.1) is 0 Å². The zero-order valence-corrected chi connectivity index (χ0v) is 20.1. The molecule has 5 heteroatoms. The Morgan fingerprint density at radius 2 is 1.68 bits per heavy atom. The average molecular weight is 450 g/mol. The van der Waals surface area contributed by atoms with Crippen molar-refractivity contribution in [3.05, 3.63) is 75.9 Å². The van der Waals surface area contributed by atoms with Gasteiger partial charge >= 0.3 is 0 Å². The van der Waals surface area contributed by atoms with Crippen LogP contribution in [0.2, 0.25) is 5.28 Å². The molecule has 0 atom stereocenters. The number of nitrogens with zero attached hydrogens (tertiary/aromatic N) is 3. The van der Waals surface area contributed by atoms with E-state index in [0.29, 0.717) is 11.2 Å². The number of benzene rings is 2. The van der Waals surface area contributed by atoms with Crippen LogP contribution in [0.1, 0.15) is 49.6 Å². The van der Waals surface area contributed by atoms with Crippen LogP contribution in [0.15, 0.2) is 54.6 Å². The lowest BCUT2D eigenvalue weighted by molar-refractivity contribution is 0.817. The maximum absolute atomic E-state index is 6.39. The molecule has 0 amide bonds. The Morgan fingerprint density at radius 1 is 0.968 bits per heavy atom. The third kappa shape index (κ3) is 4.46. The SMILES string of the molecule is CCc1sc2nc(Cl)nc(N(CC)Cc3ccccc3)c2c1-c1ccc(C(C)C)cc1. The van der Waals surface area contributed by atoms with Gasteiger partial charge in [0, 0.05) is 23.5 Å². The standard InChI is InChI=1S/C26H28ClN3S/c1-5-21-22(20-14-12-19(13-15-20)17(3)4)23-24(28-26(27)29-25(23)31-21)30(6-2)16-18-10-8-7-9-11-18/h7-15,17H,5-6,16H2,1-4H3. The van der Waals surface area contributed by atoms with E-state index in [9.17, 15) is 0 Å². The number of fused-ring (bicyclic) bond motifs is 1. The van der Waals surface area contributed by atoms with Gasteiger partial charge in [-0.1, -0.05) is 75.4 Å². The van der Waals surface area contributed by atoms with Crippen molar-refractivity contribution in [3.63, 3.8) is 0 Å². The summed E-state index contributed by atoms with van der Waals surface area (Å²) in [5, 5.41) is 1.42. The molecule has 2 aromatic carbocycles. The van der Waals surface area contributed by atoms with Crippen LogP contribution < -0.4 is 4.90 Å². The molecule has 0 aliphatic rings. The van der Waals surface area contributed by atoms with Gasteiger partial charge in [-0.25, -0.2) is 4.98 Å². The predicted molar refractivity (Wildman–Crippen MR) is 134 cm³/mol. The van der Waals surface area contributed by atoms with Gasteiger partial charge in [0.25, 0.3) is 0 Å². The van der Waals surface area contributed by atoms with Gasteiger partial charge in [0.1, 0.15) is 10.6 Å². The van der Waals surface area contributed by atoms with Gasteiger partial charge in [-0.3, -0.25) is 0 Å². The minimum absolute atomic E-state index is 0.305. The topological polar surface area (TPSA) is 29.0 Å². The average Bonchev–Trinajstić information content (AvgIpc) is 3.16. The number of anilines is 1. The van der Waals surface area contributed by atoms with E-state index in [0.717, 1.165) is 35.5 Å². The maximum atomic E-state index is 6.39. The smallest absolute Gasteiger partial charge is 0.225 e. The summed E-state index contributed by atoms with van der Waals surface area (Å²) in [6.45, 7) is 10.4. The van der Waals surface area contributed by atoms with E-state index in [1.54, 1.807) is 11.3 Å². The summed E-state index contributed by atoms with van der Waals surface area (Å²) in [4.78, 5) is 13.9. The van der Waals surface area contributed by atoms with E-state index in [2.05, 4.69) is 86.1 Å². The zero-order chi connectivity index (χ0) is 22.0. The minimum Gasteiger partial charge on any atom is -0.352 e. The van der Waals surface area contributed by atoms with Crippen LogP contribution in [-0.4, -0.2) is 16.5 Å². The predicted octanol–water partition coefficient (Wildman–Crippen LogP) is 7.72. The molecule has 0 aliphatic heterocycles. The fraction of sp³-hybridized carbons (Fsp3) is 0.308. The van der Waals surface area contributed by atoms with E-state index in [1.807, 2.05) is 6.07 Å². The monoisotopic (exact) mass is 449 g/mol. The minimum atomic E-state index is 0.305. The van der Waals surface area contributed by atoms with Gasteiger partial charge in [0.15, 0.2) is 0 Å². The molecule has 2 heterocycles. The number of hydrogen-bond acceptors (Lipinski definition) is 4. The first kappa shape index (κ1) is 21.8. The molecule has 0 N–H and O–H groups in total. The van der Waals surface area contributed by atoms with Crippen molar-refractivity contribution >= 4 is 39.0 Å². The summed E-state index contributed by atoms with van der Waals surface area (Å²) in [6, 6.07) is 19.5. The first-order valence-corrected chi connectivity index (χ1v) is 12.1. The van der Waals surface area contributed by atoms with Crippen molar-refractivity contribution in [2.75, 3.05) is 11.4 Å². The third-order valence-corrected chi connectivity index (χ3v) is 7.06. The van der Waals surface area contributed by atoms with Gasteiger partial charge in [-0.2, -0.15) is 4.98 Å². The quantitative estimate of drug-likeness (QED) is 0.270. The Labute approximate surface area is 193 Å². The summed E-state index contributed by atoms with van der Waals surface area (Å²) in [6.07, 6.45) is 0.949. The molecule has 0 radical (unpaired) electrons. The van der Waals surface area contributed by atoms with E-state index in [-0.39, 0.29) is 0 Å². The molecular weight excluding hydrogens is 422 g/mol. The number of aromatic nitrogens is 2. The molecule has 0 fully saturated rings. The van der Waals surface area contributed by atoms with E-state index >= 15 is 0 Å². The number of rotatable bonds is 7. The molecule has 0 bridgehead atoms. The highest BCUT2D eigenvalue weighted by Gasteiger charge is 2.22. The summed E-state index contributed by atoms with van der Waals surface area (Å²) in [7, 11) is 0. The second-order valence-corrected chi connectivity index (χ2v) is 9.45. The van der Waals surface area contributed by atoms with Crippen molar-refractivity contribution in [1.29, 1.82) is 0 Å². The summed E-state index contributed by atoms with van der Waals surface area (Å²) in [5.41, 5.74) is 5.06. The Kier molecular flexibility index (Phi) is 6.59. The van der Waals surface area contributed by atoms with Gasteiger partial charge in [0.2, 0.25) is 5.28 Å². The lowest BCUT2D eigenvalue weighted by atomic mass is 9.97. The van der Waals surface area contributed by atoms with Crippen molar-refractivity contribution in [2.45, 2.75) is 46.6 Å². The molecule has 31 heavy (non-hydrogen) atoms. The molecule has 0 spiro atoms. The van der Waals surface area contributed by atoms with Crippen LogP contribution >= 0.6 is 22.9 Å². The number of halogens is 1. The molecule has 0 aliphatic carbocycles. The van der Waals surface area contributed by atoms with Gasteiger partial charge in [-0.05, 0) is 47.6 Å². The van der Waals surface area contributed by atoms with Gasteiger partial charge < -0.3 is 4.90 Å². The van der Waals surface area contributed by atoms with Crippen LogP contribution in [-0.2, 0) is 13.0 Å². The maximum Gasteiger partial charge on any atom is 0.225 e. The lowest BCUT2D eigenvalue weighted by Crippen LogP contribution is -2.23. The fourth-order valence-electron chi connectivity index (χ4n) is 3.96. The summed E-state index contributed by atoms with van der Waals surface area (Å²) >= 11 is 8.12. The van der Waals surface area contributed by atoms with Gasteiger partial charge in [0.05, 0.1) is 5.39 Å². The van der Waals surface area contributed by atoms with Crippen LogP contribution in [0.5, 0.6) is 0 Å². The van der Waals surface area contributed by atoms with Gasteiger partial charge in [-0.15, -0.1) is 11.3 Å². The third-order valence-electron chi connectivity index (χ3n) is 5.66. The lowest BCUT2D eigenvalue weighted by Gasteiger charge is -2.23. The number of thiophene rings is 1. The number of hydrogen-bond donors (Lipinski definition) is 0. The first-order chi connectivity index (χ1) is 15.0. The van der Waals surface area contributed by atoms with Crippen LogP contribution in [0.3, 0.4) is 0 Å². The van der Waals surface area contributed by atoms with Crippen molar-refractivity contribution in [2.24, 2.45) is 0 Å². The number of aryl methyl sites for hydroxylation is 1. The van der Waals surface area contributed by atoms with Crippen molar-refractivity contribution in [1.82, 2.24) is 9.97 Å². The first-order valence-electron chi connectivity index (χ1n) is 10.9. The molecule has 0 saturated carbocycles. The molecule has 3 nitrogen and oxygen atoms in total. The highest BCUT2D eigenvalue weighted by atomic mass is 35.5. The van der Waals surface area contributed by atoms with Crippen molar-refractivity contribution in [3.8, 4) is 11.1 Å². The van der Waals surface area contributed by atoms with E-state index in [1.165, 1.54) is 27.1 Å². The molecule has 2 aromatic heterocycles. The Hall–Kier alpha value is -2.43. The molecule has 4 rings (SSSR count). The zero-order valence-electron chi connectivity index (χ0n) is 18.5. The molecule has 4 aromatic rings. The van der Waals surface area contributed by atoms with Crippen LogP contribution in [0.25, 0.3) is 21.3 Å². The Balaban J connectivity index is 1.90. The normalized spacial score (nSPS) is 11.4. The second-order valence-electron chi connectivity index (χ2n) is 8.03. The fourth-order valence-corrected chi connectivity index (χ4v) is 5.30. The molecule has 0 unspecified atom stereocenters. The summed E-state index contributed by atoms with van der Waals surface area (Å²) < 4.78 is 0. The highest BCUT2D eigenvalue weighted by molar-refractivity contribution is 7.19. The molecular formula is C26H28ClN3S. The Morgan fingerprint density at radius 3 is 2.29 bits per heavy atom. The van der Waals surface area contributed by atoms with E-state index < -0.39 is 0 Å². The van der Waals surface area contributed by atoms with Crippen molar-refractivity contribution < 1.29 is 0 Å². The van der Waals surface area contributed by atoms with E-state index in [4.69, 9.17) is 16.6 Å². The molecule has 160 valence electrons. The highest BCUT2D eigenvalue weighted by Crippen LogP contribution is 2.43. The summed E-state index contributed by atoms with van der Waals surface area (Å²) in [5.74, 6) is 1.43. The van der Waals surface area contributed by atoms with Crippen LogP contribution in [0.4, 0.5) is 5.82 Å². The second kappa shape index (κ2) is 9.37. The molecule has 0 saturated heterocycles. The Bertz CT molecular complexity index is 1170. The largest absolute Gasteiger partial charge is 0.352 e.